The monoisotopic (exact) mass is 521 g/mol. The number of aryl methyl sites for hydroxylation is 4. The Kier molecular flexibility index (Phi) is 7.38. The number of rotatable bonds is 8. The Morgan fingerprint density at radius 1 is 1.08 bits per heavy atom. The second-order valence-corrected chi connectivity index (χ2v) is 10.0. The molecule has 1 aliphatic rings. The maximum atomic E-state index is 6.31. The Morgan fingerprint density at radius 3 is 2.59 bits per heavy atom. The summed E-state index contributed by atoms with van der Waals surface area (Å²) in [6.07, 6.45) is 4.58. The van der Waals surface area contributed by atoms with Gasteiger partial charge >= 0.3 is 0 Å². The van der Waals surface area contributed by atoms with Gasteiger partial charge in [0.15, 0.2) is 17.5 Å². The number of likely N-dealkylation sites (tertiary alicyclic amines) is 1. The smallest absolute Gasteiger partial charge is 0.240 e. The Hall–Kier alpha value is -3.50. The summed E-state index contributed by atoms with van der Waals surface area (Å²) >= 11 is 6.31. The molecule has 4 aromatic rings. The molecular formula is C26H32ClN9O. The van der Waals surface area contributed by atoms with Crippen LogP contribution >= 0.6 is 11.6 Å². The molecule has 0 bridgehead atoms. The van der Waals surface area contributed by atoms with E-state index in [2.05, 4.69) is 71.8 Å². The zero-order valence-electron chi connectivity index (χ0n) is 21.6. The van der Waals surface area contributed by atoms with Gasteiger partial charge in [-0.3, -0.25) is 10.00 Å². The molecule has 10 nitrogen and oxygen atoms in total. The van der Waals surface area contributed by atoms with Crippen LogP contribution in [-0.4, -0.2) is 48.3 Å². The van der Waals surface area contributed by atoms with E-state index in [4.69, 9.17) is 16.1 Å². The van der Waals surface area contributed by atoms with Crippen molar-refractivity contribution in [1.82, 2.24) is 35.2 Å². The first-order chi connectivity index (χ1) is 17.9. The molecule has 4 heterocycles. The first-order valence-corrected chi connectivity index (χ1v) is 13.0. The lowest BCUT2D eigenvalue weighted by atomic mass is 9.85. The van der Waals surface area contributed by atoms with Crippen LogP contribution in [0.25, 0.3) is 0 Å². The Morgan fingerprint density at radius 2 is 1.89 bits per heavy atom. The van der Waals surface area contributed by atoms with Gasteiger partial charge in [0, 0.05) is 23.9 Å². The van der Waals surface area contributed by atoms with Crippen molar-refractivity contribution in [3.63, 3.8) is 0 Å². The Bertz CT molecular complexity index is 1370. The summed E-state index contributed by atoms with van der Waals surface area (Å²) < 4.78 is 5.38. The molecule has 1 aromatic carbocycles. The van der Waals surface area contributed by atoms with Gasteiger partial charge in [0.2, 0.25) is 11.8 Å². The highest BCUT2D eigenvalue weighted by Crippen LogP contribution is 2.34. The molecule has 0 spiro atoms. The zero-order chi connectivity index (χ0) is 25.9. The number of anilines is 4. The van der Waals surface area contributed by atoms with Crippen molar-refractivity contribution in [2.75, 3.05) is 23.7 Å². The molecule has 3 aromatic heterocycles. The summed E-state index contributed by atoms with van der Waals surface area (Å²) in [6, 6.07) is 6.37. The molecule has 1 aliphatic heterocycles. The lowest BCUT2D eigenvalue weighted by Gasteiger charge is -2.32. The summed E-state index contributed by atoms with van der Waals surface area (Å²) in [5.41, 5.74) is 5.74. The first-order valence-electron chi connectivity index (χ1n) is 12.6. The van der Waals surface area contributed by atoms with Crippen LogP contribution < -0.4 is 10.6 Å². The number of benzene rings is 1. The van der Waals surface area contributed by atoms with Gasteiger partial charge in [-0.1, -0.05) is 29.7 Å². The van der Waals surface area contributed by atoms with Gasteiger partial charge in [0.25, 0.3) is 0 Å². The lowest BCUT2D eigenvalue weighted by Crippen LogP contribution is -2.32. The highest BCUT2D eigenvalue weighted by molar-refractivity contribution is 6.32. The number of aromatic nitrogens is 6. The number of nitrogens with one attached hydrogen (secondary N) is 3. The van der Waals surface area contributed by atoms with E-state index in [9.17, 15) is 0 Å². The number of H-pyrrole nitrogens is 1. The maximum absolute atomic E-state index is 6.31. The van der Waals surface area contributed by atoms with E-state index in [-0.39, 0.29) is 0 Å². The van der Waals surface area contributed by atoms with Crippen molar-refractivity contribution in [2.24, 2.45) is 0 Å². The molecule has 37 heavy (non-hydrogen) atoms. The minimum absolute atomic E-state index is 0.422. The number of hydrogen-bond acceptors (Lipinski definition) is 9. The van der Waals surface area contributed by atoms with Gasteiger partial charge in [0.05, 0.1) is 12.7 Å². The molecule has 1 saturated heterocycles. The highest BCUT2D eigenvalue weighted by Gasteiger charge is 2.24. The van der Waals surface area contributed by atoms with E-state index in [1.807, 2.05) is 19.9 Å². The third kappa shape index (κ3) is 5.91. The van der Waals surface area contributed by atoms with Crippen molar-refractivity contribution < 1.29 is 4.52 Å². The molecule has 11 heteroatoms. The summed E-state index contributed by atoms with van der Waals surface area (Å²) in [5, 5.41) is 18.0. The van der Waals surface area contributed by atoms with Gasteiger partial charge in [-0.15, -0.1) is 0 Å². The topological polar surface area (TPSA) is 121 Å². The summed E-state index contributed by atoms with van der Waals surface area (Å²) in [6.45, 7) is 11.0. The molecule has 0 atom stereocenters. The number of aromatic amines is 1. The minimum Gasteiger partial charge on any atom is -0.338 e. The maximum Gasteiger partial charge on any atom is 0.240 e. The Balaban J connectivity index is 1.24. The number of halogens is 1. The number of nitrogens with zero attached hydrogens (tertiary/aromatic N) is 6. The van der Waals surface area contributed by atoms with E-state index < -0.39 is 0 Å². The van der Waals surface area contributed by atoms with E-state index in [1.54, 1.807) is 6.20 Å². The van der Waals surface area contributed by atoms with Crippen molar-refractivity contribution in [1.29, 1.82) is 0 Å². The van der Waals surface area contributed by atoms with Gasteiger partial charge in [0.1, 0.15) is 5.02 Å². The molecule has 0 radical (unpaired) electrons. The predicted molar refractivity (Wildman–Crippen MR) is 144 cm³/mol. The van der Waals surface area contributed by atoms with E-state index in [0.717, 1.165) is 61.7 Å². The molecule has 5 rings (SSSR count). The van der Waals surface area contributed by atoms with Crippen LogP contribution in [0.3, 0.4) is 0 Å². The largest absolute Gasteiger partial charge is 0.338 e. The lowest BCUT2D eigenvalue weighted by molar-refractivity contribution is 0.180. The Labute approximate surface area is 221 Å². The van der Waals surface area contributed by atoms with E-state index in [1.165, 1.54) is 11.1 Å². The average Bonchev–Trinajstić information content (AvgIpc) is 3.52. The van der Waals surface area contributed by atoms with Crippen molar-refractivity contribution in [3.05, 3.63) is 63.5 Å². The predicted octanol–water partition coefficient (Wildman–Crippen LogP) is 5.59. The molecule has 194 valence electrons. The minimum atomic E-state index is 0.422. The third-order valence-electron chi connectivity index (χ3n) is 6.77. The summed E-state index contributed by atoms with van der Waals surface area (Å²) in [7, 11) is 0. The molecule has 3 N–H and O–H groups in total. The number of piperidine rings is 1. The summed E-state index contributed by atoms with van der Waals surface area (Å²) in [4.78, 5) is 15.8. The SMILES string of the molecule is CCc1noc(CN2CCC(c3cc(C)c(Nc4ncc(Cl)c(Nc5cc(C)[nH]n5)n4)cc3C)CC2)n1. The van der Waals surface area contributed by atoms with Crippen LogP contribution in [0.1, 0.15) is 59.8 Å². The third-order valence-corrected chi connectivity index (χ3v) is 7.05. The van der Waals surface area contributed by atoms with Crippen molar-refractivity contribution >= 4 is 34.9 Å². The fourth-order valence-corrected chi connectivity index (χ4v) is 4.88. The molecule has 0 saturated carbocycles. The fourth-order valence-electron chi connectivity index (χ4n) is 4.74. The van der Waals surface area contributed by atoms with Crippen LogP contribution in [0.15, 0.2) is 28.9 Å². The molecule has 0 unspecified atom stereocenters. The molecule has 0 aliphatic carbocycles. The van der Waals surface area contributed by atoms with Crippen LogP contribution in [0, 0.1) is 20.8 Å². The quantitative estimate of drug-likeness (QED) is 0.272. The molecule has 0 amide bonds. The van der Waals surface area contributed by atoms with Crippen molar-refractivity contribution in [2.45, 2.75) is 59.4 Å². The van der Waals surface area contributed by atoms with Crippen LogP contribution in [0.4, 0.5) is 23.3 Å². The normalized spacial score (nSPS) is 14.7. The molecule has 1 fully saturated rings. The number of hydrogen-bond donors (Lipinski definition) is 3. The van der Waals surface area contributed by atoms with E-state index >= 15 is 0 Å². The zero-order valence-corrected chi connectivity index (χ0v) is 22.4. The highest BCUT2D eigenvalue weighted by atomic mass is 35.5. The van der Waals surface area contributed by atoms with E-state index in [0.29, 0.717) is 34.4 Å². The van der Waals surface area contributed by atoms with Gasteiger partial charge < -0.3 is 15.2 Å². The van der Waals surface area contributed by atoms with Gasteiger partial charge in [-0.25, -0.2) is 4.98 Å². The van der Waals surface area contributed by atoms with Gasteiger partial charge in [-0.05, 0) is 75.4 Å². The van der Waals surface area contributed by atoms with Gasteiger partial charge in [-0.2, -0.15) is 15.1 Å². The second kappa shape index (κ2) is 10.9. The first kappa shape index (κ1) is 25.2. The average molecular weight is 522 g/mol. The fraction of sp³-hybridized carbons (Fsp3) is 0.423. The second-order valence-electron chi connectivity index (χ2n) is 9.61. The van der Waals surface area contributed by atoms with Crippen LogP contribution in [0.5, 0.6) is 0 Å². The summed E-state index contributed by atoms with van der Waals surface area (Å²) in [5.74, 6) is 3.62. The standard InChI is InChI=1S/C26H32ClN9O/c1-5-22-30-24(37-35-22)14-36-8-6-18(7-9-36)19-10-16(3)21(11-15(19)2)29-26-28-13-20(27)25(32-26)31-23-12-17(4)33-34-23/h10-13,18H,5-9,14H2,1-4H3,(H3,28,29,31,32,33,34). The molecular weight excluding hydrogens is 490 g/mol. The van der Waals surface area contributed by atoms with Crippen LogP contribution in [0.2, 0.25) is 5.02 Å². The van der Waals surface area contributed by atoms with Crippen molar-refractivity contribution in [3.8, 4) is 0 Å². The van der Waals surface area contributed by atoms with Crippen LogP contribution in [-0.2, 0) is 13.0 Å².